The molecule has 21 heavy (non-hydrogen) atoms. The molecule has 0 spiro atoms. The van der Waals surface area contributed by atoms with E-state index < -0.39 is 5.82 Å². The van der Waals surface area contributed by atoms with Crippen LogP contribution in [0.25, 0.3) is 11.1 Å². The molecule has 2 aromatic rings. The van der Waals surface area contributed by atoms with Crippen molar-refractivity contribution in [2.45, 2.75) is 13.3 Å². The topological polar surface area (TPSA) is 73.3 Å². The molecular weight excluding hydrogens is 280 g/mol. The van der Waals surface area contributed by atoms with Gasteiger partial charge in [0.1, 0.15) is 12.1 Å². The fourth-order valence-corrected chi connectivity index (χ4v) is 1.67. The molecule has 0 unspecified atom stereocenters. The molecule has 0 bridgehead atoms. The average molecular weight is 297 g/mol. The van der Waals surface area contributed by atoms with Gasteiger partial charge in [0, 0.05) is 18.7 Å². The van der Waals surface area contributed by atoms with E-state index in [1.165, 1.54) is 6.07 Å². The van der Waals surface area contributed by atoms with Gasteiger partial charge in [-0.05, 0) is 18.6 Å². The van der Waals surface area contributed by atoms with E-state index in [-0.39, 0.29) is 36.1 Å². The van der Waals surface area contributed by atoms with Crippen molar-refractivity contribution in [3.8, 4) is 5.75 Å². The number of ether oxygens (including phenoxy) is 1. The highest BCUT2D eigenvalue weighted by molar-refractivity contribution is 5.77. The summed E-state index contributed by atoms with van der Waals surface area (Å²) in [5.41, 5.74) is 5.93. The molecule has 114 valence electrons. The molecular formula is C14H17F2N3O2. The fourth-order valence-electron chi connectivity index (χ4n) is 1.67. The number of nitrogens with zero attached hydrogens (tertiary/aromatic N) is 1. The van der Waals surface area contributed by atoms with Gasteiger partial charge in [0.05, 0.1) is 6.33 Å². The molecule has 0 aliphatic rings. The first-order chi connectivity index (χ1) is 10.2. The zero-order valence-electron chi connectivity index (χ0n) is 11.7. The Hall–Kier alpha value is -2.15. The van der Waals surface area contributed by atoms with Crippen LogP contribution in [0.2, 0.25) is 0 Å². The first kappa shape index (κ1) is 15.2. The lowest BCUT2D eigenvalue weighted by Gasteiger charge is -2.07. The van der Waals surface area contributed by atoms with Crippen molar-refractivity contribution < 1.29 is 17.9 Å². The Morgan fingerprint density at radius 2 is 2.33 bits per heavy atom. The smallest absolute Gasteiger partial charge is 0.295 e. The Bertz CT molecular complexity index is 640. The maximum absolute atomic E-state index is 14.2. The van der Waals surface area contributed by atoms with E-state index in [0.717, 1.165) is 6.42 Å². The standard InChI is InChI=1S/C14H17F2N3O2/c1-2-5-18-14-19-10-3-4-11(12(16)13(10)21-14)20-8-9(6-15)7-17/h3-4,6H,2,5,7-8,17H2,1H3,(H,18,19)/b9-6+. The van der Waals surface area contributed by atoms with Crippen molar-refractivity contribution in [2.75, 3.05) is 25.0 Å². The van der Waals surface area contributed by atoms with Crippen molar-refractivity contribution in [3.05, 3.63) is 29.9 Å². The van der Waals surface area contributed by atoms with Crippen LogP contribution in [0.3, 0.4) is 0 Å². The summed E-state index contributed by atoms with van der Waals surface area (Å²) in [6.45, 7) is 2.56. The number of nitrogens with two attached hydrogens (primary N) is 1. The van der Waals surface area contributed by atoms with Gasteiger partial charge >= 0.3 is 0 Å². The zero-order valence-corrected chi connectivity index (χ0v) is 11.7. The Morgan fingerprint density at radius 1 is 1.52 bits per heavy atom. The number of hydrogen-bond donors (Lipinski definition) is 2. The number of anilines is 1. The van der Waals surface area contributed by atoms with E-state index in [1.54, 1.807) is 6.07 Å². The first-order valence-corrected chi connectivity index (χ1v) is 6.63. The number of oxazole rings is 1. The summed E-state index contributed by atoms with van der Waals surface area (Å²) in [6, 6.07) is 3.26. The van der Waals surface area contributed by atoms with Crippen LogP contribution < -0.4 is 15.8 Å². The molecule has 0 aliphatic heterocycles. The molecule has 1 heterocycles. The number of halogens is 2. The number of hydrogen-bond acceptors (Lipinski definition) is 5. The van der Waals surface area contributed by atoms with Gasteiger partial charge in [0.15, 0.2) is 11.3 Å². The van der Waals surface area contributed by atoms with Crippen LogP contribution in [0.1, 0.15) is 13.3 Å². The van der Waals surface area contributed by atoms with Crippen molar-refractivity contribution in [3.63, 3.8) is 0 Å². The second kappa shape index (κ2) is 7.03. The molecule has 0 saturated carbocycles. The lowest BCUT2D eigenvalue weighted by molar-refractivity contribution is 0.328. The van der Waals surface area contributed by atoms with Crippen molar-refractivity contribution in [1.29, 1.82) is 0 Å². The van der Waals surface area contributed by atoms with Gasteiger partial charge < -0.3 is 20.2 Å². The molecule has 7 heteroatoms. The minimum atomic E-state index is -0.667. The highest BCUT2D eigenvalue weighted by Crippen LogP contribution is 2.28. The minimum Gasteiger partial charge on any atom is -0.486 e. The van der Waals surface area contributed by atoms with Crippen molar-refractivity contribution >= 4 is 17.1 Å². The molecule has 0 fully saturated rings. The highest BCUT2D eigenvalue weighted by atomic mass is 19.1. The van der Waals surface area contributed by atoms with E-state index in [1.807, 2.05) is 6.92 Å². The number of fused-ring (bicyclic) bond motifs is 1. The zero-order chi connectivity index (χ0) is 15.2. The fraction of sp³-hybridized carbons (Fsp3) is 0.357. The van der Waals surface area contributed by atoms with Crippen LogP contribution in [-0.4, -0.2) is 24.7 Å². The van der Waals surface area contributed by atoms with E-state index >= 15 is 0 Å². The lowest BCUT2D eigenvalue weighted by atomic mass is 10.3. The molecule has 2 rings (SSSR count). The maximum Gasteiger partial charge on any atom is 0.295 e. The second-order valence-electron chi connectivity index (χ2n) is 4.43. The maximum atomic E-state index is 14.2. The summed E-state index contributed by atoms with van der Waals surface area (Å²) >= 11 is 0. The summed E-state index contributed by atoms with van der Waals surface area (Å²) < 4.78 is 37.1. The molecule has 0 atom stereocenters. The van der Waals surface area contributed by atoms with E-state index in [4.69, 9.17) is 14.9 Å². The van der Waals surface area contributed by atoms with Gasteiger partial charge in [-0.25, -0.2) is 4.39 Å². The molecule has 3 N–H and O–H groups in total. The predicted molar refractivity (Wildman–Crippen MR) is 76.5 cm³/mol. The Labute approximate surface area is 120 Å². The van der Waals surface area contributed by atoms with E-state index in [0.29, 0.717) is 18.4 Å². The molecule has 1 aromatic carbocycles. The Kier molecular flexibility index (Phi) is 5.10. The first-order valence-electron chi connectivity index (χ1n) is 6.63. The molecule has 5 nitrogen and oxygen atoms in total. The molecule has 0 amide bonds. The van der Waals surface area contributed by atoms with Crippen LogP contribution in [0.15, 0.2) is 28.5 Å². The Balaban J connectivity index is 2.20. The molecule has 1 aromatic heterocycles. The number of benzene rings is 1. The van der Waals surface area contributed by atoms with Gasteiger partial charge in [0.2, 0.25) is 5.82 Å². The average Bonchev–Trinajstić information content (AvgIpc) is 2.92. The third-order valence-electron chi connectivity index (χ3n) is 2.82. The lowest BCUT2D eigenvalue weighted by Crippen LogP contribution is -2.11. The summed E-state index contributed by atoms with van der Waals surface area (Å²) in [5, 5.41) is 2.94. The quantitative estimate of drug-likeness (QED) is 0.822. The van der Waals surface area contributed by atoms with Gasteiger partial charge in [0.25, 0.3) is 6.01 Å². The van der Waals surface area contributed by atoms with Crippen LogP contribution in [-0.2, 0) is 0 Å². The second-order valence-corrected chi connectivity index (χ2v) is 4.43. The third kappa shape index (κ3) is 3.49. The summed E-state index contributed by atoms with van der Waals surface area (Å²) in [6.07, 6.45) is 1.25. The molecule has 0 aliphatic carbocycles. The van der Waals surface area contributed by atoms with Gasteiger partial charge in [-0.3, -0.25) is 0 Å². The van der Waals surface area contributed by atoms with E-state index in [2.05, 4.69) is 10.3 Å². The van der Waals surface area contributed by atoms with Crippen LogP contribution in [0.4, 0.5) is 14.8 Å². The monoisotopic (exact) mass is 297 g/mol. The number of rotatable bonds is 7. The van der Waals surface area contributed by atoms with Gasteiger partial charge in [-0.2, -0.15) is 9.37 Å². The van der Waals surface area contributed by atoms with Gasteiger partial charge in [-0.1, -0.05) is 6.92 Å². The highest BCUT2D eigenvalue weighted by Gasteiger charge is 2.15. The largest absolute Gasteiger partial charge is 0.486 e. The summed E-state index contributed by atoms with van der Waals surface area (Å²) in [5.74, 6) is -0.701. The van der Waals surface area contributed by atoms with Crippen molar-refractivity contribution in [1.82, 2.24) is 4.98 Å². The molecule has 0 radical (unpaired) electrons. The minimum absolute atomic E-state index is 0.00429. The summed E-state index contributed by atoms with van der Waals surface area (Å²) in [4.78, 5) is 4.12. The normalized spacial score (nSPS) is 11.9. The van der Waals surface area contributed by atoms with Crippen LogP contribution >= 0.6 is 0 Å². The summed E-state index contributed by atoms with van der Waals surface area (Å²) in [7, 11) is 0. The van der Waals surface area contributed by atoms with Crippen molar-refractivity contribution in [2.24, 2.45) is 5.73 Å². The number of aromatic nitrogens is 1. The van der Waals surface area contributed by atoms with Crippen LogP contribution in [0.5, 0.6) is 5.75 Å². The van der Waals surface area contributed by atoms with E-state index in [9.17, 15) is 8.78 Å². The SMILES string of the molecule is CCCNc1nc2ccc(OC/C(=C/F)CN)c(F)c2o1. The number of nitrogens with one attached hydrogen (secondary N) is 1. The predicted octanol–water partition coefficient (Wildman–Crippen LogP) is 2.98. The third-order valence-corrected chi connectivity index (χ3v) is 2.82. The van der Waals surface area contributed by atoms with Crippen LogP contribution in [0, 0.1) is 5.82 Å². The molecule has 0 saturated heterocycles. The van der Waals surface area contributed by atoms with Gasteiger partial charge in [-0.15, -0.1) is 0 Å². The Morgan fingerprint density at radius 3 is 3.00 bits per heavy atom.